The van der Waals surface area contributed by atoms with Gasteiger partial charge in [0, 0.05) is 52.4 Å². The number of rotatable bonds is 9. The Morgan fingerprint density at radius 1 is 1.22 bits per heavy atom. The van der Waals surface area contributed by atoms with Gasteiger partial charge in [0.15, 0.2) is 5.96 Å². The van der Waals surface area contributed by atoms with Crippen molar-refractivity contribution < 1.29 is 9.53 Å². The fourth-order valence-corrected chi connectivity index (χ4v) is 4.42. The van der Waals surface area contributed by atoms with Crippen LogP contribution in [0.4, 0.5) is 0 Å². The number of ether oxygens (including phenoxy) is 1. The Morgan fingerprint density at radius 3 is 2.67 bits per heavy atom. The van der Waals surface area contributed by atoms with Gasteiger partial charge in [-0.25, -0.2) is 0 Å². The highest BCUT2D eigenvalue weighted by molar-refractivity contribution is 5.81. The van der Waals surface area contributed by atoms with Crippen LogP contribution in [0.5, 0.6) is 0 Å². The third-order valence-corrected chi connectivity index (χ3v) is 6.17. The Labute approximate surface area is 165 Å². The first-order valence-corrected chi connectivity index (χ1v) is 10.9. The number of guanidine groups is 1. The molecule has 1 saturated heterocycles. The summed E-state index contributed by atoms with van der Waals surface area (Å²) >= 11 is 0. The van der Waals surface area contributed by atoms with Crippen molar-refractivity contribution in [1.29, 1.82) is 0 Å². The number of aliphatic imine (C=N–C) groups is 1. The SMILES string of the molecule is CCNC(=NCC1(CCOC)CCCC1)NCCC(=O)N1CCCCC1C. The van der Waals surface area contributed by atoms with E-state index in [-0.39, 0.29) is 11.3 Å². The molecule has 2 rings (SSSR count). The number of hydrogen-bond donors (Lipinski definition) is 2. The van der Waals surface area contributed by atoms with Crippen LogP contribution < -0.4 is 10.6 Å². The normalized spacial score (nSPS) is 22.7. The lowest BCUT2D eigenvalue weighted by Gasteiger charge is -2.33. The summed E-state index contributed by atoms with van der Waals surface area (Å²) in [7, 11) is 1.78. The largest absolute Gasteiger partial charge is 0.385 e. The highest BCUT2D eigenvalue weighted by Crippen LogP contribution is 2.41. The van der Waals surface area contributed by atoms with Crippen molar-refractivity contribution >= 4 is 11.9 Å². The molecule has 0 radical (unpaired) electrons. The zero-order valence-corrected chi connectivity index (χ0v) is 17.7. The first kappa shape index (κ1) is 22.0. The van der Waals surface area contributed by atoms with Crippen LogP contribution in [0, 0.1) is 5.41 Å². The second-order valence-electron chi connectivity index (χ2n) is 8.25. The molecule has 1 unspecified atom stereocenters. The van der Waals surface area contributed by atoms with E-state index in [0.717, 1.165) is 51.5 Å². The molecule has 0 aromatic carbocycles. The molecule has 0 spiro atoms. The zero-order valence-electron chi connectivity index (χ0n) is 17.7. The number of amides is 1. The van der Waals surface area contributed by atoms with Crippen LogP contribution in [0.25, 0.3) is 0 Å². The summed E-state index contributed by atoms with van der Waals surface area (Å²) in [6, 6.07) is 0.385. The van der Waals surface area contributed by atoms with Gasteiger partial charge in [-0.05, 0) is 57.8 Å². The van der Waals surface area contributed by atoms with Crippen molar-refractivity contribution in [1.82, 2.24) is 15.5 Å². The molecule has 156 valence electrons. The first-order chi connectivity index (χ1) is 13.1. The van der Waals surface area contributed by atoms with Crippen molar-refractivity contribution in [3.05, 3.63) is 0 Å². The second-order valence-corrected chi connectivity index (χ2v) is 8.25. The van der Waals surface area contributed by atoms with E-state index in [0.29, 0.717) is 19.0 Å². The lowest BCUT2D eigenvalue weighted by atomic mass is 9.83. The molecule has 1 aliphatic heterocycles. The van der Waals surface area contributed by atoms with E-state index >= 15 is 0 Å². The summed E-state index contributed by atoms with van der Waals surface area (Å²) in [4.78, 5) is 19.4. The van der Waals surface area contributed by atoms with E-state index in [4.69, 9.17) is 9.73 Å². The topological polar surface area (TPSA) is 66.0 Å². The van der Waals surface area contributed by atoms with Gasteiger partial charge in [0.1, 0.15) is 0 Å². The number of piperidine rings is 1. The molecule has 6 nitrogen and oxygen atoms in total. The fourth-order valence-electron chi connectivity index (χ4n) is 4.42. The van der Waals surface area contributed by atoms with E-state index in [2.05, 4.69) is 24.5 Å². The summed E-state index contributed by atoms with van der Waals surface area (Å²) in [5.74, 6) is 1.10. The summed E-state index contributed by atoms with van der Waals surface area (Å²) in [5.41, 5.74) is 0.289. The summed E-state index contributed by atoms with van der Waals surface area (Å²) in [5, 5.41) is 6.69. The highest BCUT2D eigenvalue weighted by Gasteiger charge is 2.33. The summed E-state index contributed by atoms with van der Waals surface area (Å²) in [6.45, 7) is 8.26. The number of nitrogens with zero attached hydrogens (tertiary/aromatic N) is 2. The van der Waals surface area contributed by atoms with Gasteiger partial charge in [-0.2, -0.15) is 0 Å². The predicted molar refractivity (Wildman–Crippen MR) is 111 cm³/mol. The Morgan fingerprint density at radius 2 is 2.00 bits per heavy atom. The van der Waals surface area contributed by atoms with Crippen molar-refractivity contribution in [2.45, 2.75) is 77.7 Å². The molecule has 0 aromatic heterocycles. The highest BCUT2D eigenvalue weighted by atomic mass is 16.5. The summed E-state index contributed by atoms with van der Waals surface area (Å²) < 4.78 is 5.32. The number of carbonyl (C=O) groups excluding carboxylic acids is 1. The maximum absolute atomic E-state index is 12.5. The quantitative estimate of drug-likeness (QED) is 0.477. The van der Waals surface area contributed by atoms with Crippen LogP contribution in [0.1, 0.15) is 71.6 Å². The fraction of sp³-hybridized carbons (Fsp3) is 0.905. The number of likely N-dealkylation sites (tertiary alicyclic amines) is 1. The van der Waals surface area contributed by atoms with E-state index in [1.807, 2.05) is 4.90 Å². The Kier molecular flexibility index (Phi) is 9.39. The second kappa shape index (κ2) is 11.5. The minimum absolute atomic E-state index is 0.262. The van der Waals surface area contributed by atoms with E-state index in [1.54, 1.807) is 7.11 Å². The smallest absolute Gasteiger partial charge is 0.224 e. The molecule has 1 heterocycles. The van der Waals surface area contributed by atoms with Crippen LogP contribution in [0.15, 0.2) is 4.99 Å². The van der Waals surface area contributed by atoms with Crippen LogP contribution >= 0.6 is 0 Å². The molecule has 6 heteroatoms. The average molecular weight is 381 g/mol. The van der Waals surface area contributed by atoms with Gasteiger partial charge in [0.05, 0.1) is 0 Å². The molecule has 0 bridgehead atoms. The van der Waals surface area contributed by atoms with Gasteiger partial charge in [0.25, 0.3) is 0 Å². The number of nitrogens with one attached hydrogen (secondary N) is 2. The van der Waals surface area contributed by atoms with Crippen molar-refractivity contribution in [3.63, 3.8) is 0 Å². The van der Waals surface area contributed by atoms with Gasteiger partial charge in [-0.15, -0.1) is 0 Å². The lowest BCUT2D eigenvalue weighted by Crippen LogP contribution is -2.44. The van der Waals surface area contributed by atoms with Gasteiger partial charge in [0.2, 0.25) is 5.91 Å². The molecule has 0 aromatic rings. The third-order valence-electron chi connectivity index (χ3n) is 6.17. The molecule has 1 atom stereocenters. The number of methoxy groups -OCH3 is 1. The summed E-state index contributed by atoms with van der Waals surface area (Å²) in [6.07, 6.45) is 10.2. The van der Waals surface area contributed by atoms with Crippen LogP contribution in [-0.2, 0) is 9.53 Å². The molecule has 1 amide bonds. The van der Waals surface area contributed by atoms with Gasteiger partial charge < -0.3 is 20.3 Å². The molecule has 2 fully saturated rings. The molecule has 27 heavy (non-hydrogen) atoms. The van der Waals surface area contributed by atoms with Crippen molar-refractivity contribution in [3.8, 4) is 0 Å². The Balaban J connectivity index is 1.83. The lowest BCUT2D eigenvalue weighted by molar-refractivity contribution is -0.134. The first-order valence-electron chi connectivity index (χ1n) is 10.9. The number of hydrogen-bond acceptors (Lipinski definition) is 3. The standard InChI is InChI=1S/C21H40N4O2/c1-4-22-20(24-17-21(13-16-27-3)11-6-7-12-21)23-14-10-19(26)25-15-8-5-9-18(25)2/h18H,4-17H2,1-3H3,(H2,22,23,24). The van der Waals surface area contributed by atoms with Gasteiger partial charge in [-0.3, -0.25) is 9.79 Å². The van der Waals surface area contributed by atoms with Crippen molar-refractivity contribution in [2.75, 3.05) is 39.9 Å². The predicted octanol–water partition coefficient (Wildman–Crippen LogP) is 2.93. The minimum atomic E-state index is 0.262. The molecule has 1 aliphatic carbocycles. The van der Waals surface area contributed by atoms with E-state index in [1.165, 1.54) is 32.1 Å². The average Bonchev–Trinajstić information content (AvgIpc) is 3.14. The van der Waals surface area contributed by atoms with Crippen LogP contribution in [0.3, 0.4) is 0 Å². The van der Waals surface area contributed by atoms with E-state index < -0.39 is 0 Å². The molecule has 1 saturated carbocycles. The number of carbonyl (C=O) groups is 1. The van der Waals surface area contributed by atoms with Gasteiger partial charge in [-0.1, -0.05) is 12.8 Å². The van der Waals surface area contributed by atoms with Gasteiger partial charge >= 0.3 is 0 Å². The maximum Gasteiger partial charge on any atom is 0.224 e. The third kappa shape index (κ3) is 6.98. The maximum atomic E-state index is 12.5. The van der Waals surface area contributed by atoms with Crippen molar-refractivity contribution in [2.24, 2.45) is 10.4 Å². The molecular weight excluding hydrogens is 340 g/mol. The van der Waals surface area contributed by atoms with Crippen LogP contribution in [-0.4, -0.2) is 62.7 Å². The Bertz CT molecular complexity index is 475. The molecule has 2 aliphatic rings. The van der Waals surface area contributed by atoms with E-state index in [9.17, 15) is 4.79 Å². The monoisotopic (exact) mass is 380 g/mol. The van der Waals surface area contributed by atoms with Crippen LogP contribution in [0.2, 0.25) is 0 Å². The Hall–Kier alpha value is -1.30. The zero-order chi connectivity index (χ0) is 19.5. The molecular formula is C21H40N4O2. The molecule has 2 N–H and O–H groups in total. The minimum Gasteiger partial charge on any atom is -0.385 e.